The summed E-state index contributed by atoms with van der Waals surface area (Å²) in [7, 11) is 1.71. The number of carbonyl (C=O) groups is 1. The monoisotopic (exact) mass is 359 g/mol. The van der Waals surface area contributed by atoms with Crippen molar-refractivity contribution in [3.8, 4) is 11.3 Å². The Morgan fingerprint density at radius 2 is 2.00 bits per heavy atom. The number of hydrogen-bond donors (Lipinski definition) is 0. The molecule has 0 radical (unpaired) electrons. The predicted molar refractivity (Wildman–Crippen MR) is 97.9 cm³/mol. The van der Waals surface area contributed by atoms with Crippen LogP contribution in [0.3, 0.4) is 0 Å². The standard InChI is InChI=1S/C19H25N3O4/c1-5-25-18(23)16-17(26-13-20-16)14-6-8-15(9-7-14)21-10-11-22(24-4)19(2,3)12-21/h6-9,13H,5,10-12H2,1-4H3. The number of esters is 1. The number of hydrogen-bond acceptors (Lipinski definition) is 7. The maximum Gasteiger partial charge on any atom is 0.360 e. The van der Waals surface area contributed by atoms with Gasteiger partial charge in [-0.25, -0.2) is 9.78 Å². The molecule has 0 amide bonds. The summed E-state index contributed by atoms with van der Waals surface area (Å²) < 4.78 is 10.4. The van der Waals surface area contributed by atoms with Crippen LogP contribution in [0.5, 0.6) is 0 Å². The first-order chi connectivity index (χ1) is 12.5. The van der Waals surface area contributed by atoms with Crippen LogP contribution >= 0.6 is 0 Å². The Morgan fingerprint density at radius 3 is 2.62 bits per heavy atom. The Bertz CT molecular complexity index is 754. The van der Waals surface area contributed by atoms with Crippen molar-refractivity contribution in [2.24, 2.45) is 0 Å². The molecule has 3 rings (SSSR count). The Labute approximate surface area is 153 Å². The molecule has 1 aliphatic heterocycles. The summed E-state index contributed by atoms with van der Waals surface area (Å²) in [5.74, 6) is -0.0442. The van der Waals surface area contributed by atoms with E-state index in [0.29, 0.717) is 12.4 Å². The lowest BCUT2D eigenvalue weighted by atomic mass is 10.0. The molecule has 7 heteroatoms. The van der Waals surface area contributed by atoms with Gasteiger partial charge in [0.25, 0.3) is 0 Å². The van der Waals surface area contributed by atoms with Crippen molar-refractivity contribution < 1.29 is 18.8 Å². The second kappa shape index (κ2) is 7.47. The summed E-state index contributed by atoms with van der Waals surface area (Å²) in [6.45, 7) is 8.96. The number of anilines is 1. The normalized spacial score (nSPS) is 17.3. The van der Waals surface area contributed by atoms with Crippen molar-refractivity contribution >= 4 is 11.7 Å². The number of aromatic nitrogens is 1. The highest BCUT2D eigenvalue weighted by molar-refractivity contribution is 5.93. The highest BCUT2D eigenvalue weighted by atomic mass is 16.7. The number of nitrogens with zero attached hydrogens (tertiary/aromatic N) is 3. The van der Waals surface area contributed by atoms with Gasteiger partial charge in [-0.3, -0.25) is 0 Å². The maximum absolute atomic E-state index is 12.0. The summed E-state index contributed by atoms with van der Waals surface area (Å²) in [5.41, 5.74) is 2.04. The van der Waals surface area contributed by atoms with E-state index in [0.717, 1.165) is 30.9 Å². The van der Waals surface area contributed by atoms with Crippen LogP contribution in [0, 0.1) is 0 Å². The molecule has 0 spiro atoms. The molecule has 1 aliphatic rings. The molecule has 0 atom stereocenters. The van der Waals surface area contributed by atoms with Crippen molar-refractivity contribution in [3.05, 3.63) is 36.4 Å². The zero-order chi connectivity index (χ0) is 18.7. The molecular weight excluding hydrogens is 334 g/mol. The molecule has 1 aromatic heterocycles. The van der Waals surface area contributed by atoms with E-state index in [2.05, 4.69) is 23.7 Å². The molecule has 140 valence electrons. The highest BCUT2D eigenvalue weighted by Gasteiger charge is 2.34. The van der Waals surface area contributed by atoms with Gasteiger partial charge in [0.15, 0.2) is 17.8 Å². The molecule has 7 nitrogen and oxygen atoms in total. The predicted octanol–water partition coefficient (Wildman–Crippen LogP) is 2.98. The van der Waals surface area contributed by atoms with Gasteiger partial charge in [-0.15, -0.1) is 0 Å². The number of rotatable bonds is 5. The molecule has 0 unspecified atom stereocenters. The average molecular weight is 359 g/mol. The quantitative estimate of drug-likeness (QED) is 0.760. The van der Waals surface area contributed by atoms with Gasteiger partial charge in [0.05, 0.1) is 19.3 Å². The van der Waals surface area contributed by atoms with E-state index in [1.807, 2.05) is 29.3 Å². The number of ether oxygens (including phenoxy) is 1. The molecule has 2 aromatic rings. The van der Waals surface area contributed by atoms with E-state index >= 15 is 0 Å². The van der Waals surface area contributed by atoms with Gasteiger partial charge >= 0.3 is 5.97 Å². The lowest BCUT2D eigenvalue weighted by Gasteiger charge is -2.46. The van der Waals surface area contributed by atoms with E-state index in [-0.39, 0.29) is 11.2 Å². The summed E-state index contributed by atoms with van der Waals surface area (Å²) in [6.07, 6.45) is 1.27. The van der Waals surface area contributed by atoms with Crippen molar-refractivity contribution in [3.63, 3.8) is 0 Å². The number of carbonyl (C=O) groups excluding carboxylic acids is 1. The summed E-state index contributed by atoms with van der Waals surface area (Å²) in [5, 5.41) is 2.01. The molecule has 26 heavy (non-hydrogen) atoms. The number of benzene rings is 1. The van der Waals surface area contributed by atoms with Crippen molar-refractivity contribution in [2.75, 3.05) is 38.3 Å². The van der Waals surface area contributed by atoms with Crippen LogP contribution in [0.1, 0.15) is 31.3 Å². The molecule has 1 aromatic carbocycles. The van der Waals surface area contributed by atoms with Gasteiger partial charge in [0.1, 0.15) is 0 Å². The smallest absolute Gasteiger partial charge is 0.360 e. The third kappa shape index (κ3) is 3.59. The fourth-order valence-electron chi connectivity index (χ4n) is 3.32. The molecule has 1 fully saturated rings. The van der Waals surface area contributed by atoms with Crippen LogP contribution in [-0.2, 0) is 9.57 Å². The van der Waals surface area contributed by atoms with Crippen molar-refractivity contribution in [2.45, 2.75) is 26.3 Å². The third-order valence-electron chi connectivity index (χ3n) is 4.58. The summed E-state index contributed by atoms with van der Waals surface area (Å²) in [6, 6.07) is 7.94. The Morgan fingerprint density at radius 1 is 1.27 bits per heavy atom. The molecule has 1 saturated heterocycles. The number of piperazine rings is 1. The number of oxazole rings is 1. The Balaban J connectivity index is 1.78. The SMILES string of the molecule is CCOC(=O)c1ncoc1-c1ccc(N2CCN(OC)C(C)(C)C2)cc1. The zero-order valence-electron chi connectivity index (χ0n) is 15.7. The highest BCUT2D eigenvalue weighted by Crippen LogP contribution is 2.29. The fraction of sp³-hybridized carbons (Fsp3) is 0.474. The minimum Gasteiger partial charge on any atom is -0.461 e. The summed E-state index contributed by atoms with van der Waals surface area (Å²) in [4.78, 5) is 23.7. The molecular formula is C19H25N3O4. The van der Waals surface area contributed by atoms with Crippen LogP contribution in [0.4, 0.5) is 5.69 Å². The first-order valence-electron chi connectivity index (χ1n) is 8.74. The first kappa shape index (κ1) is 18.4. The third-order valence-corrected chi connectivity index (χ3v) is 4.58. The summed E-state index contributed by atoms with van der Waals surface area (Å²) >= 11 is 0. The zero-order valence-corrected chi connectivity index (χ0v) is 15.7. The van der Waals surface area contributed by atoms with E-state index in [9.17, 15) is 4.79 Å². The van der Waals surface area contributed by atoms with Gasteiger partial charge < -0.3 is 18.9 Å². The van der Waals surface area contributed by atoms with Gasteiger partial charge in [-0.2, -0.15) is 5.06 Å². The second-order valence-electron chi connectivity index (χ2n) is 6.82. The van der Waals surface area contributed by atoms with Crippen LogP contribution in [-0.4, -0.2) is 54.9 Å². The topological polar surface area (TPSA) is 68.0 Å². The average Bonchev–Trinajstić information content (AvgIpc) is 3.11. The molecule has 0 aliphatic carbocycles. The number of hydroxylamine groups is 2. The Hall–Kier alpha value is -2.38. The van der Waals surface area contributed by atoms with Crippen LogP contribution in [0.25, 0.3) is 11.3 Å². The van der Waals surface area contributed by atoms with Gasteiger partial charge in [-0.1, -0.05) is 0 Å². The maximum atomic E-state index is 12.0. The lowest BCUT2D eigenvalue weighted by Crippen LogP contribution is -2.58. The largest absolute Gasteiger partial charge is 0.461 e. The van der Waals surface area contributed by atoms with E-state index in [1.165, 1.54) is 6.39 Å². The first-order valence-corrected chi connectivity index (χ1v) is 8.74. The molecule has 2 heterocycles. The van der Waals surface area contributed by atoms with Crippen LogP contribution in [0.2, 0.25) is 0 Å². The Kier molecular flexibility index (Phi) is 5.29. The minimum absolute atomic E-state index is 0.0757. The second-order valence-corrected chi connectivity index (χ2v) is 6.82. The molecule has 0 saturated carbocycles. The van der Waals surface area contributed by atoms with E-state index in [4.69, 9.17) is 14.0 Å². The van der Waals surface area contributed by atoms with Crippen LogP contribution in [0.15, 0.2) is 35.1 Å². The lowest BCUT2D eigenvalue weighted by molar-refractivity contribution is -0.195. The van der Waals surface area contributed by atoms with Crippen molar-refractivity contribution in [1.29, 1.82) is 0 Å². The molecule has 0 bridgehead atoms. The fourth-order valence-corrected chi connectivity index (χ4v) is 3.32. The van der Waals surface area contributed by atoms with Crippen molar-refractivity contribution in [1.82, 2.24) is 10.0 Å². The van der Waals surface area contributed by atoms with Gasteiger partial charge in [-0.05, 0) is 45.0 Å². The van der Waals surface area contributed by atoms with Gasteiger partial charge in [0.2, 0.25) is 0 Å². The van der Waals surface area contributed by atoms with E-state index < -0.39 is 5.97 Å². The molecule has 0 N–H and O–H groups in total. The van der Waals surface area contributed by atoms with E-state index in [1.54, 1.807) is 14.0 Å². The minimum atomic E-state index is -0.474. The van der Waals surface area contributed by atoms with Crippen LogP contribution < -0.4 is 4.90 Å². The van der Waals surface area contributed by atoms with Gasteiger partial charge in [0, 0.05) is 30.9 Å².